The fourth-order valence-electron chi connectivity index (χ4n) is 3.06. The van der Waals surface area contributed by atoms with Crippen molar-refractivity contribution < 1.29 is 18.0 Å². The normalized spacial score (nSPS) is 12.1. The van der Waals surface area contributed by atoms with E-state index >= 15 is 0 Å². The predicted octanol–water partition coefficient (Wildman–Crippen LogP) is 5.61. The van der Waals surface area contributed by atoms with E-state index in [-0.39, 0.29) is 24.7 Å². The van der Waals surface area contributed by atoms with Crippen molar-refractivity contribution >= 4 is 29.2 Å². The van der Waals surface area contributed by atoms with Crippen LogP contribution in [0.15, 0.2) is 60.7 Å². The third kappa shape index (κ3) is 5.76. The van der Waals surface area contributed by atoms with E-state index in [4.69, 9.17) is 11.6 Å². The number of hydrogen-bond donors (Lipinski definition) is 1. The minimum absolute atomic E-state index is 0.199. The number of halogens is 4. The van der Waals surface area contributed by atoms with E-state index in [1.54, 1.807) is 6.08 Å². The molecule has 0 bridgehead atoms. The van der Waals surface area contributed by atoms with E-state index in [1.807, 2.05) is 60.7 Å². The van der Waals surface area contributed by atoms with Gasteiger partial charge >= 0.3 is 6.18 Å². The van der Waals surface area contributed by atoms with Crippen LogP contribution in [0.1, 0.15) is 28.9 Å². The van der Waals surface area contributed by atoms with Crippen molar-refractivity contribution in [3.8, 4) is 0 Å². The van der Waals surface area contributed by atoms with Gasteiger partial charge in [0.1, 0.15) is 0 Å². The summed E-state index contributed by atoms with van der Waals surface area (Å²) in [5.41, 5.74) is 1.32. The molecular weight excluding hydrogens is 427 g/mol. The zero-order chi connectivity index (χ0) is 22.4. The van der Waals surface area contributed by atoms with Crippen molar-refractivity contribution in [2.24, 2.45) is 0 Å². The number of benzene rings is 2. The predicted molar refractivity (Wildman–Crippen MR) is 115 cm³/mol. The van der Waals surface area contributed by atoms with Gasteiger partial charge in [-0.15, -0.1) is 0 Å². The van der Waals surface area contributed by atoms with Gasteiger partial charge < -0.3 is 5.32 Å². The van der Waals surface area contributed by atoms with Crippen molar-refractivity contribution in [3.63, 3.8) is 0 Å². The molecule has 0 saturated carbocycles. The summed E-state index contributed by atoms with van der Waals surface area (Å²) >= 11 is 5.77. The minimum Gasteiger partial charge on any atom is -0.352 e. The van der Waals surface area contributed by atoms with Crippen molar-refractivity contribution in [1.82, 2.24) is 15.1 Å². The highest BCUT2D eigenvalue weighted by Gasteiger charge is 2.38. The Labute approximate surface area is 183 Å². The number of nitrogens with zero attached hydrogens (tertiary/aromatic N) is 2. The monoisotopic (exact) mass is 447 g/mol. The number of nitrogens with one attached hydrogen (secondary N) is 1. The molecule has 0 aliphatic rings. The second-order valence-electron chi connectivity index (χ2n) is 6.91. The van der Waals surface area contributed by atoms with Gasteiger partial charge in [-0.2, -0.15) is 18.3 Å². The first-order valence-electron chi connectivity index (χ1n) is 9.68. The number of alkyl halides is 3. The summed E-state index contributed by atoms with van der Waals surface area (Å²) in [6.07, 6.45) is -2.40. The Balaban J connectivity index is 1.67. The number of carbonyl (C=O) groups is 1. The summed E-state index contributed by atoms with van der Waals surface area (Å²) in [7, 11) is 0. The maximum Gasteiger partial charge on any atom is 0.436 e. The van der Waals surface area contributed by atoms with Crippen molar-refractivity contribution in [1.29, 1.82) is 0 Å². The molecule has 1 amide bonds. The summed E-state index contributed by atoms with van der Waals surface area (Å²) in [6, 6.07) is 18.7. The topological polar surface area (TPSA) is 46.9 Å². The largest absolute Gasteiger partial charge is 0.436 e. The molecule has 0 fully saturated rings. The third-order valence-corrected chi connectivity index (χ3v) is 5.13. The lowest BCUT2D eigenvalue weighted by atomic mass is 10.0. The van der Waals surface area contributed by atoms with Crippen LogP contribution in [0, 0.1) is 6.92 Å². The molecule has 1 N–H and O–H groups in total. The zero-order valence-corrected chi connectivity index (χ0v) is 17.5. The molecule has 3 rings (SSSR count). The molecule has 0 aliphatic heterocycles. The van der Waals surface area contributed by atoms with E-state index < -0.39 is 16.9 Å². The summed E-state index contributed by atoms with van der Waals surface area (Å²) < 4.78 is 40.0. The molecule has 1 heterocycles. The summed E-state index contributed by atoms with van der Waals surface area (Å²) in [6.45, 7) is 1.96. The highest BCUT2D eigenvalue weighted by Crippen LogP contribution is 2.35. The number of hydrogen-bond acceptors (Lipinski definition) is 2. The molecule has 3 aromatic rings. The Morgan fingerprint density at radius 1 is 1.10 bits per heavy atom. The maximum absolute atomic E-state index is 12.9. The van der Waals surface area contributed by atoms with Crippen LogP contribution < -0.4 is 5.32 Å². The van der Waals surface area contributed by atoms with E-state index in [2.05, 4.69) is 10.4 Å². The van der Waals surface area contributed by atoms with Crippen LogP contribution in [0.3, 0.4) is 0 Å². The standard InChI is InChI=1S/C23H21ClF3N3O/c1-16-20(24)21(23(25,26)27)29-30(16)14-8-13-28-22(31)19(18-11-6-3-7-12-18)15-17-9-4-2-5-10-17/h2-7,9-12,15H,8,13-14H2,1H3,(H,28,31)/b19-15-. The third-order valence-electron chi connectivity index (χ3n) is 4.67. The van der Waals surface area contributed by atoms with Gasteiger partial charge in [-0.1, -0.05) is 72.3 Å². The number of amides is 1. The van der Waals surface area contributed by atoms with Gasteiger partial charge in [0.25, 0.3) is 5.91 Å². The molecule has 31 heavy (non-hydrogen) atoms. The smallest absolute Gasteiger partial charge is 0.352 e. The molecule has 0 spiro atoms. The van der Waals surface area contributed by atoms with E-state index in [0.29, 0.717) is 12.0 Å². The van der Waals surface area contributed by atoms with Gasteiger partial charge in [-0.3, -0.25) is 9.48 Å². The molecular formula is C23H21ClF3N3O. The zero-order valence-electron chi connectivity index (χ0n) is 16.8. The van der Waals surface area contributed by atoms with Gasteiger partial charge in [-0.25, -0.2) is 0 Å². The van der Waals surface area contributed by atoms with E-state index in [0.717, 1.165) is 11.1 Å². The van der Waals surface area contributed by atoms with Crippen LogP contribution in [0.25, 0.3) is 11.6 Å². The van der Waals surface area contributed by atoms with Crippen molar-refractivity contribution in [3.05, 3.63) is 88.2 Å². The highest BCUT2D eigenvalue weighted by molar-refractivity contribution is 6.32. The van der Waals surface area contributed by atoms with Gasteiger partial charge in [-0.05, 0) is 30.5 Å². The Kier molecular flexibility index (Phi) is 7.17. The van der Waals surface area contributed by atoms with Crippen LogP contribution in [0.5, 0.6) is 0 Å². The Morgan fingerprint density at radius 2 is 1.71 bits per heavy atom. The van der Waals surface area contributed by atoms with Gasteiger partial charge in [0, 0.05) is 18.7 Å². The molecule has 8 heteroatoms. The number of carbonyl (C=O) groups excluding carboxylic acids is 1. The molecule has 0 atom stereocenters. The fourth-order valence-corrected chi connectivity index (χ4v) is 3.31. The number of aryl methyl sites for hydroxylation is 1. The van der Waals surface area contributed by atoms with E-state index in [1.165, 1.54) is 11.6 Å². The van der Waals surface area contributed by atoms with Crippen LogP contribution in [0.4, 0.5) is 13.2 Å². The second kappa shape index (κ2) is 9.83. The first kappa shape index (κ1) is 22.6. The van der Waals surface area contributed by atoms with Crippen LogP contribution in [0.2, 0.25) is 5.02 Å². The van der Waals surface area contributed by atoms with Gasteiger partial charge in [0.2, 0.25) is 0 Å². The molecule has 162 valence electrons. The quantitative estimate of drug-likeness (QED) is 0.290. The Morgan fingerprint density at radius 3 is 2.29 bits per heavy atom. The molecule has 0 unspecified atom stereocenters. The summed E-state index contributed by atoms with van der Waals surface area (Å²) in [5, 5.41) is 6.02. The Bertz CT molecular complexity index is 1060. The Hall–Kier alpha value is -3.06. The van der Waals surface area contributed by atoms with Crippen molar-refractivity contribution in [2.45, 2.75) is 26.1 Å². The first-order chi connectivity index (χ1) is 14.8. The number of aromatic nitrogens is 2. The lowest BCUT2D eigenvalue weighted by Gasteiger charge is -2.10. The minimum atomic E-state index is -4.60. The second-order valence-corrected chi connectivity index (χ2v) is 7.29. The fraction of sp³-hybridized carbons (Fsp3) is 0.217. The van der Waals surface area contributed by atoms with Gasteiger partial charge in [0.05, 0.1) is 10.7 Å². The highest BCUT2D eigenvalue weighted by atomic mass is 35.5. The lowest BCUT2D eigenvalue weighted by Crippen LogP contribution is -2.26. The first-order valence-corrected chi connectivity index (χ1v) is 10.1. The van der Waals surface area contributed by atoms with Crippen molar-refractivity contribution in [2.75, 3.05) is 6.54 Å². The van der Waals surface area contributed by atoms with Crippen LogP contribution in [-0.2, 0) is 17.5 Å². The SMILES string of the molecule is Cc1c(Cl)c(C(F)(F)F)nn1CCCNC(=O)/C(=C\c1ccccc1)c1ccccc1. The van der Waals surface area contributed by atoms with Crippen LogP contribution in [-0.4, -0.2) is 22.2 Å². The number of rotatable bonds is 7. The summed E-state index contributed by atoms with van der Waals surface area (Å²) in [5.74, 6) is -0.263. The average Bonchev–Trinajstić information content (AvgIpc) is 3.05. The molecule has 0 radical (unpaired) electrons. The summed E-state index contributed by atoms with van der Waals surface area (Å²) in [4.78, 5) is 12.8. The molecule has 4 nitrogen and oxygen atoms in total. The molecule has 2 aromatic carbocycles. The molecule has 0 saturated heterocycles. The van der Waals surface area contributed by atoms with Crippen LogP contribution >= 0.6 is 11.6 Å². The maximum atomic E-state index is 12.9. The van der Waals surface area contributed by atoms with Gasteiger partial charge in [0.15, 0.2) is 5.69 Å². The molecule has 0 aliphatic carbocycles. The lowest BCUT2D eigenvalue weighted by molar-refractivity contribution is -0.141. The average molecular weight is 448 g/mol. The molecule has 1 aromatic heterocycles. The van der Waals surface area contributed by atoms with E-state index in [9.17, 15) is 18.0 Å².